The van der Waals surface area contributed by atoms with Crippen molar-refractivity contribution in [1.82, 2.24) is 14.9 Å². The highest BCUT2D eigenvalue weighted by Crippen LogP contribution is 2.42. The number of piperidine rings is 1. The Morgan fingerprint density at radius 3 is 2.29 bits per heavy atom. The average molecular weight is 482 g/mol. The first-order valence-corrected chi connectivity index (χ1v) is 12.3. The smallest absolute Gasteiger partial charge is 0.343 e. The lowest BCUT2D eigenvalue weighted by molar-refractivity contribution is -0.0814. The second-order valence-corrected chi connectivity index (χ2v) is 9.83. The number of amides is 2. The number of aliphatic hydroxyl groups is 1. The Morgan fingerprint density at radius 1 is 1.12 bits per heavy atom. The third kappa shape index (κ3) is 5.09. The van der Waals surface area contributed by atoms with Gasteiger partial charge in [-0.2, -0.15) is 0 Å². The summed E-state index contributed by atoms with van der Waals surface area (Å²) in [6.07, 6.45) is 1.60. The second kappa shape index (κ2) is 10.5. The number of urea groups is 1. The Labute approximate surface area is 204 Å². The average Bonchev–Trinajstić information content (AvgIpc) is 3.33. The highest BCUT2D eigenvalue weighted by Gasteiger charge is 2.30. The number of carbonyl (C=O) groups excluding carboxylic acids is 1. The maximum absolute atomic E-state index is 12.5. The SMILES string of the molecule is COc1ccc(-c2nc(C3CCN(C(=O)N(O)C(C)C)CC3)sc2-c2ccc(CO)cc2)cc1. The molecule has 0 radical (unpaired) electrons. The zero-order valence-corrected chi connectivity index (χ0v) is 20.6. The highest BCUT2D eigenvalue weighted by atomic mass is 32.1. The number of aromatic nitrogens is 1. The van der Waals surface area contributed by atoms with Crippen LogP contribution in [0.1, 0.15) is 43.2 Å². The van der Waals surface area contributed by atoms with Crippen molar-refractivity contribution < 1.29 is 19.8 Å². The number of aliphatic hydroxyl groups excluding tert-OH is 1. The minimum absolute atomic E-state index is 0.0128. The first-order chi connectivity index (χ1) is 16.4. The van der Waals surface area contributed by atoms with Crippen molar-refractivity contribution in [2.45, 2.75) is 45.3 Å². The third-order valence-electron chi connectivity index (χ3n) is 6.21. The van der Waals surface area contributed by atoms with Gasteiger partial charge in [0.25, 0.3) is 0 Å². The fraction of sp³-hybridized carbons (Fsp3) is 0.385. The summed E-state index contributed by atoms with van der Waals surface area (Å²) in [5.41, 5.74) is 3.88. The van der Waals surface area contributed by atoms with Gasteiger partial charge in [0.05, 0.1) is 35.3 Å². The molecule has 180 valence electrons. The Hall–Kier alpha value is -2.94. The van der Waals surface area contributed by atoms with E-state index in [1.54, 1.807) is 37.2 Å². The van der Waals surface area contributed by atoms with Crippen LogP contribution in [0.4, 0.5) is 4.79 Å². The number of benzene rings is 2. The van der Waals surface area contributed by atoms with Crippen molar-refractivity contribution >= 4 is 17.4 Å². The number of rotatable bonds is 6. The van der Waals surface area contributed by atoms with Gasteiger partial charge in [-0.15, -0.1) is 11.3 Å². The van der Waals surface area contributed by atoms with Gasteiger partial charge in [0, 0.05) is 24.6 Å². The van der Waals surface area contributed by atoms with Crippen LogP contribution in [0, 0.1) is 0 Å². The number of hydrogen-bond acceptors (Lipinski definition) is 6. The van der Waals surface area contributed by atoms with Crippen LogP contribution in [0.25, 0.3) is 21.7 Å². The number of nitrogens with zero attached hydrogens (tertiary/aromatic N) is 3. The number of methoxy groups -OCH3 is 1. The molecule has 1 saturated heterocycles. The van der Waals surface area contributed by atoms with Crippen LogP contribution >= 0.6 is 11.3 Å². The van der Waals surface area contributed by atoms with Crippen molar-refractivity contribution in [3.05, 3.63) is 59.1 Å². The van der Waals surface area contributed by atoms with Gasteiger partial charge < -0.3 is 14.7 Å². The van der Waals surface area contributed by atoms with Gasteiger partial charge in [-0.05, 0) is 62.1 Å². The quantitative estimate of drug-likeness (QED) is 0.365. The summed E-state index contributed by atoms with van der Waals surface area (Å²) in [6, 6.07) is 15.2. The largest absolute Gasteiger partial charge is 0.497 e. The number of hydroxylamine groups is 2. The minimum Gasteiger partial charge on any atom is -0.497 e. The maximum Gasteiger partial charge on any atom is 0.343 e. The van der Waals surface area contributed by atoms with E-state index in [0.717, 1.165) is 55.9 Å². The van der Waals surface area contributed by atoms with Crippen LogP contribution < -0.4 is 4.74 Å². The first kappa shape index (κ1) is 24.2. The normalized spacial score (nSPS) is 14.5. The molecule has 1 aliphatic rings. The number of carbonyl (C=O) groups is 1. The van der Waals surface area contributed by atoms with E-state index in [9.17, 15) is 15.1 Å². The summed E-state index contributed by atoms with van der Waals surface area (Å²) in [7, 11) is 1.65. The fourth-order valence-corrected chi connectivity index (χ4v) is 5.36. The molecule has 2 aromatic carbocycles. The molecule has 2 heterocycles. The van der Waals surface area contributed by atoms with Gasteiger partial charge in [-0.25, -0.2) is 14.8 Å². The zero-order valence-electron chi connectivity index (χ0n) is 19.8. The van der Waals surface area contributed by atoms with Crippen molar-refractivity contribution in [3.63, 3.8) is 0 Å². The first-order valence-electron chi connectivity index (χ1n) is 11.5. The molecule has 0 aliphatic carbocycles. The van der Waals surface area contributed by atoms with Crippen LogP contribution in [0.5, 0.6) is 5.75 Å². The summed E-state index contributed by atoms with van der Waals surface area (Å²) in [4.78, 5) is 20.4. The molecule has 2 amide bonds. The predicted octanol–water partition coefficient (Wildman–Crippen LogP) is 5.38. The van der Waals surface area contributed by atoms with E-state index in [1.807, 2.05) is 48.5 Å². The van der Waals surface area contributed by atoms with Gasteiger partial charge in [-0.3, -0.25) is 5.21 Å². The van der Waals surface area contributed by atoms with E-state index in [-0.39, 0.29) is 24.6 Å². The standard InChI is InChI=1S/C26H31N3O4S/c1-17(2)29(32)26(31)28-14-12-21(13-15-28)25-27-23(19-8-10-22(33-3)11-9-19)24(34-25)20-6-4-18(16-30)5-7-20/h4-11,17,21,30,32H,12-16H2,1-3H3. The van der Waals surface area contributed by atoms with Gasteiger partial charge in [0.15, 0.2) is 0 Å². The molecule has 0 atom stereocenters. The summed E-state index contributed by atoms with van der Waals surface area (Å²) in [6.45, 7) is 4.76. The molecule has 2 N–H and O–H groups in total. The number of likely N-dealkylation sites (tertiary alicyclic amines) is 1. The number of ether oxygens (including phenoxy) is 1. The molecule has 0 bridgehead atoms. The van der Waals surface area contributed by atoms with E-state index < -0.39 is 0 Å². The van der Waals surface area contributed by atoms with E-state index in [2.05, 4.69) is 0 Å². The van der Waals surface area contributed by atoms with Crippen LogP contribution in [-0.4, -0.2) is 57.5 Å². The molecule has 3 aromatic rings. The molecule has 4 rings (SSSR count). The van der Waals surface area contributed by atoms with Crippen LogP contribution in [0.2, 0.25) is 0 Å². The summed E-state index contributed by atoms with van der Waals surface area (Å²) in [5, 5.41) is 21.3. The molecule has 0 unspecified atom stereocenters. The molecular formula is C26H31N3O4S. The van der Waals surface area contributed by atoms with E-state index in [0.29, 0.717) is 13.1 Å². The molecule has 1 aliphatic heterocycles. The van der Waals surface area contributed by atoms with E-state index in [4.69, 9.17) is 9.72 Å². The van der Waals surface area contributed by atoms with Gasteiger partial charge in [0.1, 0.15) is 5.75 Å². The molecule has 8 heteroatoms. The maximum atomic E-state index is 12.5. The van der Waals surface area contributed by atoms with Crippen LogP contribution in [0.3, 0.4) is 0 Å². The van der Waals surface area contributed by atoms with Crippen molar-refractivity contribution in [2.24, 2.45) is 0 Å². The number of thiazole rings is 1. The molecule has 1 aromatic heterocycles. The Kier molecular flexibility index (Phi) is 7.50. The Bertz CT molecular complexity index is 1040. The lowest BCUT2D eigenvalue weighted by Gasteiger charge is -2.34. The topological polar surface area (TPSA) is 86.1 Å². The Balaban J connectivity index is 1.61. The summed E-state index contributed by atoms with van der Waals surface area (Å²) < 4.78 is 5.31. The van der Waals surface area contributed by atoms with E-state index in [1.165, 1.54) is 0 Å². The lowest BCUT2D eigenvalue weighted by Crippen LogP contribution is -2.47. The second-order valence-electron chi connectivity index (χ2n) is 8.80. The van der Waals surface area contributed by atoms with Crippen LogP contribution in [-0.2, 0) is 6.61 Å². The van der Waals surface area contributed by atoms with Crippen molar-refractivity contribution in [2.75, 3.05) is 20.2 Å². The van der Waals surface area contributed by atoms with Gasteiger partial charge >= 0.3 is 6.03 Å². The molecule has 7 nitrogen and oxygen atoms in total. The molecule has 0 spiro atoms. The summed E-state index contributed by atoms with van der Waals surface area (Å²) in [5.74, 6) is 1.05. The highest BCUT2D eigenvalue weighted by molar-refractivity contribution is 7.15. The lowest BCUT2D eigenvalue weighted by atomic mass is 9.97. The number of hydrogen-bond donors (Lipinski definition) is 2. The fourth-order valence-electron chi connectivity index (χ4n) is 4.10. The third-order valence-corrected chi connectivity index (χ3v) is 7.47. The molecule has 0 saturated carbocycles. The molecule has 1 fully saturated rings. The van der Waals surface area contributed by atoms with Crippen LogP contribution in [0.15, 0.2) is 48.5 Å². The zero-order chi connectivity index (χ0) is 24.2. The predicted molar refractivity (Wildman–Crippen MR) is 133 cm³/mol. The summed E-state index contributed by atoms with van der Waals surface area (Å²) >= 11 is 1.69. The molecule has 34 heavy (non-hydrogen) atoms. The van der Waals surface area contributed by atoms with Crippen molar-refractivity contribution in [3.8, 4) is 27.4 Å². The monoisotopic (exact) mass is 481 g/mol. The minimum atomic E-state index is -0.337. The van der Waals surface area contributed by atoms with Gasteiger partial charge in [-0.1, -0.05) is 24.3 Å². The Morgan fingerprint density at radius 2 is 1.74 bits per heavy atom. The molecular weight excluding hydrogens is 450 g/mol. The van der Waals surface area contributed by atoms with Gasteiger partial charge in [0.2, 0.25) is 0 Å². The van der Waals surface area contributed by atoms with E-state index >= 15 is 0 Å². The van der Waals surface area contributed by atoms with Crippen molar-refractivity contribution in [1.29, 1.82) is 0 Å².